The second kappa shape index (κ2) is 11.7. The molecule has 2 unspecified atom stereocenters. The number of phenolic OH excluding ortho intramolecular Hbond substituents is 2. The van der Waals surface area contributed by atoms with Gasteiger partial charge in [-0.15, -0.1) is 0 Å². The number of halogens is 1. The van der Waals surface area contributed by atoms with Gasteiger partial charge in [0.15, 0.2) is 0 Å². The lowest BCUT2D eigenvalue weighted by molar-refractivity contribution is -0.117. The summed E-state index contributed by atoms with van der Waals surface area (Å²) in [5.41, 5.74) is 4.45. The fraction of sp³-hybridized carbons (Fsp3) is 0.194. The summed E-state index contributed by atoms with van der Waals surface area (Å²) in [5, 5.41) is 29.0. The number of aliphatic hydroxyl groups excluding tert-OH is 1. The van der Waals surface area contributed by atoms with Crippen LogP contribution in [-0.4, -0.2) is 21.2 Å². The van der Waals surface area contributed by atoms with Crippen molar-refractivity contribution in [2.45, 2.75) is 38.3 Å². The zero-order valence-electron chi connectivity index (χ0n) is 20.6. The molecule has 1 aliphatic heterocycles. The number of hydrogen-bond donors (Lipinski definition) is 3. The van der Waals surface area contributed by atoms with E-state index in [0.29, 0.717) is 24.8 Å². The van der Waals surface area contributed by atoms with Crippen molar-refractivity contribution in [3.63, 3.8) is 0 Å². The second-order valence-corrected chi connectivity index (χ2v) is 8.95. The van der Waals surface area contributed by atoms with Crippen LogP contribution in [-0.2, 0) is 4.79 Å². The molecule has 37 heavy (non-hydrogen) atoms. The number of benzene rings is 4. The van der Waals surface area contributed by atoms with Crippen molar-refractivity contribution in [2.75, 3.05) is 4.90 Å². The molecule has 1 saturated heterocycles. The minimum atomic E-state index is -0.462. The molecule has 4 aromatic carbocycles. The molecule has 1 heterocycles. The Morgan fingerprint density at radius 3 is 2.16 bits per heavy atom. The number of hydrogen-bond acceptors (Lipinski definition) is 4. The predicted octanol–water partition coefficient (Wildman–Crippen LogP) is 6.90. The van der Waals surface area contributed by atoms with Gasteiger partial charge in [0.05, 0.1) is 12.1 Å². The maximum atomic E-state index is 12.5. The van der Waals surface area contributed by atoms with Crippen LogP contribution >= 0.6 is 0 Å². The van der Waals surface area contributed by atoms with Gasteiger partial charge in [-0.1, -0.05) is 61.5 Å². The minimum absolute atomic E-state index is 0.00865. The van der Waals surface area contributed by atoms with E-state index in [2.05, 4.69) is 0 Å². The largest absolute Gasteiger partial charge is 0.508 e. The quantitative estimate of drug-likeness (QED) is 0.279. The summed E-state index contributed by atoms with van der Waals surface area (Å²) in [6.45, 7) is 1.88. The number of aliphatic hydroxyl groups is 1. The Kier molecular flexibility index (Phi) is 8.21. The average molecular weight is 500 g/mol. The van der Waals surface area contributed by atoms with Crippen molar-refractivity contribution < 1.29 is 24.5 Å². The molecule has 5 nitrogen and oxygen atoms in total. The highest BCUT2D eigenvalue weighted by molar-refractivity contribution is 5.96. The number of nitrogens with zero attached hydrogens (tertiary/aromatic N) is 1. The Bertz CT molecular complexity index is 1320. The van der Waals surface area contributed by atoms with E-state index in [-0.39, 0.29) is 29.3 Å². The van der Waals surface area contributed by atoms with Crippen molar-refractivity contribution in [2.24, 2.45) is 0 Å². The Hall–Kier alpha value is -4.16. The second-order valence-electron chi connectivity index (χ2n) is 8.95. The molecule has 0 aliphatic carbocycles. The number of carbonyl (C=O) groups is 1. The molecule has 1 fully saturated rings. The molecule has 0 saturated carbocycles. The lowest BCUT2D eigenvalue weighted by Crippen LogP contribution is -2.27. The van der Waals surface area contributed by atoms with Gasteiger partial charge in [-0.2, -0.15) is 0 Å². The zero-order chi connectivity index (χ0) is 26.4. The third-order valence-corrected chi connectivity index (χ3v) is 6.48. The molecule has 1 amide bonds. The van der Waals surface area contributed by atoms with Gasteiger partial charge in [-0.05, 0) is 65.9 Å². The molecule has 0 radical (unpaired) electrons. The number of carbonyl (C=O) groups excluding carboxylic acids is 1. The lowest BCUT2D eigenvalue weighted by Gasteiger charge is -2.26. The number of phenols is 2. The summed E-state index contributed by atoms with van der Waals surface area (Å²) in [7, 11) is 0. The summed E-state index contributed by atoms with van der Waals surface area (Å²) in [6.07, 6.45) is 1.27. The van der Waals surface area contributed by atoms with Crippen LogP contribution in [0.5, 0.6) is 11.5 Å². The number of amides is 1. The number of anilines is 1. The average Bonchev–Trinajstić information content (AvgIpc) is 3.30. The molecule has 3 N–H and O–H groups in total. The van der Waals surface area contributed by atoms with Crippen molar-refractivity contribution in [1.29, 1.82) is 0 Å². The fourth-order valence-corrected chi connectivity index (χ4v) is 4.48. The highest BCUT2D eigenvalue weighted by Gasteiger charge is 2.34. The van der Waals surface area contributed by atoms with Gasteiger partial charge in [0, 0.05) is 23.7 Å². The highest BCUT2D eigenvalue weighted by Crippen LogP contribution is 2.41. The Morgan fingerprint density at radius 2 is 1.54 bits per heavy atom. The zero-order valence-corrected chi connectivity index (χ0v) is 20.6. The molecule has 0 aromatic heterocycles. The third kappa shape index (κ3) is 6.16. The van der Waals surface area contributed by atoms with Crippen LogP contribution < -0.4 is 4.90 Å². The van der Waals surface area contributed by atoms with Gasteiger partial charge in [0.1, 0.15) is 17.3 Å². The van der Waals surface area contributed by atoms with Gasteiger partial charge < -0.3 is 20.2 Å². The standard InChI is InChI=1S/C22H19NO3.C9H11FO/c24-18-10-11-19(21(25)14-18)20-12-13-22(26)23(20)17-8-6-16(7-9-17)15-4-2-1-3-5-15;1-2-9(11)7-3-5-8(10)6-4-7/h1-11,14,20,24-25H,12-13H2;3-6,9,11H,2H2,1H3. The van der Waals surface area contributed by atoms with E-state index in [1.165, 1.54) is 24.3 Å². The van der Waals surface area contributed by atoms with Crippen LogP contribution in [0.25, 0.3) is 11.1 Å². The molecule has 2 atom stereocenters. The van der Waals surface area contributed by atoms with Gasteiger partial charge in [-0.25, -0.2) is 4.39 Å². The van der Waals surface area contributed by atoms with Crippen LogP contribution in [0, 0.1) is 5.82 Å². The first-order valence-electron chi connectivity index (χ1n) is 12.3. The Morgan fingerprint density at radius 1 is 0.892 bits per heavy atom. The first-order chi connectivity index (χ1) is 17.9. The molecular formula is C31H30FNO4. The Labute approximate surface area is 216 Å². The van der Waals surface area contributed by atoms with E-state index in [1.807, 2.05) is 61.5 Å². The molecule has 6 heteroatoms. The third-order valence-electron chi connectivity index (χ3n) is 6.48. The topological polar surface area (TPSA) is 81.0 Å². The van der Waals surface area contributed by atoms with Crippen LogP contribution in [0.3, 0.4) is 0 Å². The van der Waals surface area contributed by atoms with Crippen molar-refractivity contribution in [3.05, 3.63) is 114 Å². The van der Waals surface area contributed by atoms with Crippen molar-refractivity contribution in [1.82, 2.24) is 0 Å². The van der Waals surface area contributed by atoms with Crippen LogP contribution in [0.15, 0.2) is 97.1 Å². The van der Waals surface area contributed by atoms with E-state index >= 15 is 0 Å². The van der Waals surface area contributed by atoms with Crippen molar-refractivity contribution >= 4 is 11.6 Å². The first kappa shape index (κ1) is 25.9. The van der Waals surface area contributed by atoms with Crippen LogP contribution in [0.1, 0.15) is 49.5 Å². The molecule has 0 bridgehead atoms. The normalized spacial score (nSPS) is 15.7. The van der Waals surface area contributed by atoms with Crippen LogP contribution in [0.4, 0.5) is 10.1 Å². The maximum absolute atomic E-state index is 12.5. The minimum Gasteiger partial charge on any atom is -0.508 e. The van der Waals surface area contributed by atoms with Crippen LogP contribution in [0.2, 0.25) is 0 Å². The van der Waals surface area contributed by atoms with Gasteiger partial charge >= 0.3 is 0 Å². The van der Waals surface area contributed by atoms with E-state index in [4.69, 9.17) is 0 Å². The summed E-state index contributed by atoms with van der Waals surface area (Å²) in [6, 6.07) is 28.2. The SMILES string of the molecule is CCC(O)c1ccc(F)cc1.O=C1CCC(c2ccc(O)cc2O)N1c1ccc(-c2ccccc2)cc1. The van der Waals surface area contributed by atoms with E-state index in [0.717, 1.165) is 22.4 Å². The molecule has 4 aromatic rings. The molecule has 5 rings (SSSR count). The molecule has 190 valence electrons. The fourth-order valence-electron chi connectivity index (χ4n) is 4.48. The lowest BCUT2D eigenvalue weighted by atomic mass is 10.0. The summed E-state index contributed by atoms with van der Waals surface area (Å²) in [5.74, 6) is -0.211. The van der Waals surface area contributed by atoms with Gasteiger partial charge in [0.25, 0.3) is 0 Å². The smallest absolute Gasteiger partial charge is 0.227 e. The monoisotopic (exact) mass is 499 g/mol. The van der Waals surface area contributed by atoms with Gasteiger partial charge in [0.2, 0.25) is 5.91 Å². The van der Waals surface area contributed by atoms with E-state index in [9.17, 15) is 24.5 Å². The van der Waals surface area contributed by atoms with Crippen molar-refractivity contribution in [3.8, 4) is 22.6 Å². The maximum Gasteiger partial charge on any atom is 0.227 e. The molecular weight excluding hydrogens is 469 g/mol. The number of rotatable bonds is 5. The Balaban J connectivity index is 0.000000245. The number of aromatic hydroxyl groups is 2. The summed E-state index contributed by atoms with van der Waals surface area (Å²) in [4.78, 5) is 14.2. The van der Waals surface area contributed by atoms with E-state index in [1.54, 1.807) is 23.1 Å². The summed E-state index contributed by atoms with van der Waals surface area (Å²) >= 11 is 0. The highest BCUT2D eigenvalue weighted by atomic mass is 19.1. The van der Waals surface area contributed by atoms with E-state index < -0.39 is 6.10 Å². The van der Waals surface area contributed by atoms with Gasteiger partial charge in [-0.3, -0.25) is 4.79 Å². The summed E-state index contributed by atoms with van der Waals surface area (Å²) < 4.78 is 12.4. The first-order valence-corrected chi connectivity index (χ1v) is 12.3. The molecule has 0 spiro atoms. The predicted molar refractivity (Wildman–Crippen MR) is 143 cm³/mol. The molecule has 1 aliphatic rings.